The topological polar surface area (TPSA) is 187 Å². The number of rotatable bonds is 16. The molecule has 55 heavy (non-hydrogen) atoms. The van der Waals surface area contributed by atoms with Crippen molar-refractivity contribution < 1.29 is 28.7 Å². The summed E-state index contributed by atoms with van der Waals surface area (Å²) in [7, 11) is 5.11. The van der Waals surface area contributed by atoms with E-state index >= 15 is 0 Å². The Morgan fingerprint density at radius 1 is 0.982 bits per heavy atom. The lowest BCUT2D eigenvalue weighted by molar-refractivity contribution is -0.144. The molecule has 1 aromatic carbocycles. The van der Waals surface area contributed by atoms with Crippen molar-refractivity contribution in [1.29, 1.82) is 0 Å². The summed E-state index contributed by atoms with van der Waals surface area (Å²) in [6, 6.07) is -4.09. The lowest BCUT2D eigenvalue weighted by Gasteiger charge is -2.38. The first-order valence-electron chi connectivity index (χ1n) is 19.7. The first kappa shape index (κ1) is 43.5. The van der Waals surface area contributed by atoms with Crippen LogP contribution in [0.15, 0.2) is 22.2 Å². The van der Waals surface area contributed by atoms with Gasteiger partial charge in [-0.2, -0.15) is 0 Å². The third-order valence-electron chi connectivity index (χ3n) is 11.4. The van der Waals surface area contributed by atoms with Crippen molar-refractivity contribution in [3.8, 4) is 0 Å². The molecule has 3 fully saturated rings. The zero-order valence-electron chi connectivity index (χ0n) is 34.2. The summed E-state index contributed by atoms with van der Waals surface area (Å²) in [6.45, 7) is 15.6. The zero-order valence-corrected chi connectivity index (χ0v) is 34.2. The highest BCUT2D eigenvalue weighted by Gasteiger charge is 2.56. The molecule has 0 aromatic heterocycles. The molecule has 3 aliphatic rings. The van der Waals surface area contributed by atoms with Crippen LogP contribution in [0.25, 0.3) is 0 Å². The molecule has 15 nitrogen and oxygen atoms in total. The van der Waals surface area contributed by atoms with Gasteiger partial charge in [-0.05, 0) is 50.9 Å². The molecule has 6 atom stereocenters. The van der Waals surface area contributed by atoms with Gasteiger partial charge in [0.2, 0.25) is 17.6 Å². The summed E-state index contributed by atoms with van der Waals surface area (Å²) >= 11 is 0. The summed E-state index contributed by atoms with van der Waals surface area (Å²) in [5.41, 5.74) is -1.55. The van der Waals surface area contributed by atoms with E-state index in [1.807, 2.05) is 41.5 Å². The lowest BCUT2D eigenvalue weighted by Crippen LogP contribution is -2.61. The Bertz CT molecular complexity index is 1670. The number of Topliss-reactive ketones (excluding diaryl/α,β-unsaturated/α-hetero) is 1. The van der Waals surface area contributed by atoms with E-state index in [-0.39, 0.29) is 43.6 Å². The van der Waals surface area contributed by atoms with Crippen LogP contribution >= 0.6 is 0 Å². The van der Waals surface area contributed by atoms with Crippen molar-refractivity contribution in [1.82, 2.24) is 26.2 Å². The fraction of sp³-hybridized carbons (Fsp3) is 0.725. The number of ether oxygens (including phenoxy) is 1. The second kappa shape index (κ2) is 17.7. The lowest BCUT2D eigenvalue weighted by atomic mass is 9.83. The highest BCUT2D eigenvalue weighted by Crippen LogP contribution is 2.43. The first-order valence-corrected chi connectivity index (χ1v) is 19.7. The van der Waals surface area contributed by atoms with E-state index in [4.69, 9.17) is 4.74 Å². The molecule has 5 amide bonds. The molecule has 1 aromatic rings. The van der Waals surface area contributed by atoms with Gasteiger partial charge in [0.25, 0.3) is 16.8 Å². The molecule has 2 aliphatic heterocycles. The number of hydrogen-bond acceptors (Lipinski definition) is 10. The summed E-state index contributed by atoms with van der Waals surface area (Å²) in [5.74, 6) is -3.08. The summed E-state index contributed by atoms with van der Waals surface area (Å²) in [6.07, 6.45) is 6.51. The Morgan fingerprint density at radius 2 is 1.62 bits per heavy atom. The van der Waals surface area contributed by atoms with Gasteiger partial charge >= 0.3 is 6.03 Å². The third kappa shape index (κ3) is 9.95. The molecule has 0 bridgehead atoms. The van der Waals surface area contributed by atoms with Crippen molar-refractivity contribution in [3.05, 3.63) is 33.1 Å². The number of ketones is 1. The third-order valence-corrected chi connectivity index (χ3v) is 11.4. The average Bonchev–Trinajstić information content (AvgIpc) is 3.61. The Hall–Kier alpha value is -4.27. The van der Waals surface area contributed by atoms with Crippen LogP contribution < -0.4 is 41.9 Å². The fourth-order valence-electron chi connectivity index (χ4n) is 8.46. The highest BCUT2D eigenvalue weighted by atomic mass is 16.5. The van der Waals surface area contributed by atoms with E-state index < -0.39 is 81.7 Å². The minimum Gasteiger partial charge on any atom is -0.373 e. The number of fused-ring (bicyclic) bond motifs is 1. The largest absolute Gasteiger partial charge is 0.373 e. The fourth-order valence-corrected chi connectivity index (χ4v) is 8.46. The number of hydrogen-bond donors (Lipinski definition) is 4. The maximum atomic E-state index is 14.8. The number of anilines is 2. The van der Waals surface area contributed by atoms with Crippen LogP contribution in [0.5, 0.6) is 0 Å². The van der Waals surface area contributed by atoms with E-state index in [1.165, 1.54) is 11.0 Å². The van der Waals surface area contributed by atoms with Gasteiger partial charge < -0.3 is 40.7 Å². The molecular formula is C40H63N7O8. The van der Waals surface area contributed by atoms with Crippen LogP contribution in [0, 0.1) is 17.3 Å². The van der Waals surface area contributed by atoms with Crippen LogP contribution in [0.2, 0.25) is 0 Å². The normalized spacial score (nSPS) is 22.6. The van der Waals surface area contributed by atoms with Crippen LogP contribution in [0.1, 0.15) is 92.9 Å². The van der Waals surface area contributed by atoms with Gasteiger partial charge in [-0.1, -0.05) is 59.5 Å². The molecule has 4 N–H and O–H groups in total. The summed E-state index contributed by atoms with van der Waals surface area (Å²) in [5, 5.41) is 11.4. The highest BCUT2D eigenvalue weighted by molar-refractivity contribution is 6.38. The quantitative estimate of drug-likeness (QED) is 0.143. The number of likely N-dealkylation sites (N-methyl/N-ethyl adjacent to an activating group) is 1. The van der Waals surface area contributed by atoms with Gasteiger partial charge in [-0.25, -0.2) is 4.79 Å². The maximum Gasteiger partial charge on any atom is 0.315 e. The Labute approximate surface area is 325 Å². The van der Waals surface area contributed by atoms with Gasteiger partial charge in [0.1, 0.15) is 23.5 Å². The zero-order chi connectivity index (χ0) is 41.0. The van der Waals surface area contributed by atoms with Crippen LogP contribution in [0.4, 0.5) is 16.2 Å². The van der Waals surface area contributed by atoms with Gasteiger partial charge in [0.05, 0.1) is 23.8 Å². The summed E-state index contributed by atoms with van der Waals surface area (Å²) < 4.78 is 6.35. The predicted octanol–water partition coefficient (Wildman–Crippen LogP) is 2.00. The standard InChI is InChI=1S/C40H63N7O8/c1-11-16-25(32(48)36(52)41-19-12-2)42-35(51)29-24-20-40(6,7)55-26(24)21-47(29)37(53)28(23-17-14-13-15-18-23)44-38(54)43-27(39(3,4)5)22-46(10)31-30(45(8)9)33(49)34(31)50/h12,23-29H,2,11,13-22H2,1,3-10H3,(H,41,52)(H,42,51)(H2,43,44,54)/t24-,25?,26-,27+,28-,29-/m0/s1. The van der Waals surface area contributed by atoms with Crippen molar-refractivity contribution in [3.63, 3.8) is 0 Å². The van der Waals surface area contributed by atoms with Gasteiger partial charge in [-0.3, -0.25) is 28.8 Å². The van der Waals surface area contributed by atoms with E-state index in [0.29, 0.717) is 31.4 Å². The average molecular weight is 770 g/mol. The molecule has 4 rings (SSSR count). The molecular weight excluding hydrogens is 706 g/mol. The number of carbonyl (C=O) groups excluding carboxylic acids is 5. The predicted molar refractivity (Wildman–Crippen MR) is 212 cm³/mol. The number of nitrogens with one attached hydrogen (secondary N) is 4. The van der Waals surface area contributed by atoms with Crippen LogP contribution in [-0.2, 0) is 23.9 Å². The van der Waals surface area contributed by atoms with Gasteiger partial charge in [-0.15, -0.1) is 6.58 Å². The van der Waals surface area contributed by atoms with Gasteiger partial charge in [0.15, 0.2) is 0 Å². The number of likely N-dealkylation sites (tertiary alicyclic amines) is 1. The molecule has 0 spiro atoms. The molecule has 1 unspecified atom stereocenters. The maximum absolute atomic E-state index is 14.8. The van der Waals surface area contributed by atoms with Crippen molar-refractivity contribution in [2.24, 2.45) is 17.3 Å². The SMILES string of the molecule is C=CCNC(=O)C(=O)C(CCC)NC(=O)[C@@H]1[C@H]2CC(C)(C)O[C@H]2CN1C(=O)[C@@H](NC(=O)N[C@H](CN(C)c1c(N(C)C)c(=O)c1=O)C(C)(C)C)C1CCCCC1. The number of urea groups is 1. The Balaban J connectivity index is 1.60. The van der Waals surface area contributed by atoms with Gasteiger partial charge in [0, 0.05) is 46.7 Å². The molecule has 1 aliphatic carbocycles. The monoisotopic (exact) mass is 769 g/mol. The van der Waals surface area contributed by atoms with Crippen molar-refractivity contribution >= 4 is 40.9 Å². The summed E-state index contributed by atoms with van der Waals surface area (Å²) in [4.78, 5) is 98.6. The minimum absolute atomic E-state index is 0.102. The second-order valence-corrected chi connectivity index (χ2v) is 17.5. The Kier molecular flexibility index (Phi) is 14.0. The van der Waals surface area contributed by atoms with E-state index in [9.17, 15) is 33.6 Å². The minimum atomic E-state index is -1.09. The molecule has 306 valence electrons. The van der Waals surface area contributed by atoms with E-state index in [0.717, 1.165) is 19.3 Å². The Morgan fingerprint density at radius 3 is 2.20 bits per heavy atom. The second-order valence-electron chi connectivity index (χ2n) is 17.5. The van der Waals surface area contributed by atoms with Crippen LogP contribution in [0.3, 0.4) is 0 Å². The molecule has 2 saturated heterocycles. The van der Waals surface area contributed by atoms with Crippen molar-refractivity contribution in [2.75, 3.05) is 50.6 Å². The number of carbonyl (C=O) groups is 5. The molecule has 2 heterocycles. The molecule has 0 radical (unpaired) electrons. The number of amides is 5. The van der Waals surface area contributed by atoms with E-state index in [1.54, 1.807) is 30.9 Å². The van der Waals surface area contributed by atoms with Crippen LogP contribution in [-0.4, -0.2) is 111 Å². The molecule has 15 heteroatoms. The first-order chi connectivity index (χ1) is 25.7. The smallest absolute Gasteiger partial charge is 0.315 e. The van der Waals surface area contributed by atoms with E-state index in [2.05, 4.69) is 27.8 Å². The number of nitrogens with zero attached hydrogens (tertiary/aromatic N) is 3. The van der Waals surface area contributed by atoms with Crippen molar-refractivity contribution in [2.45, 2.75) is 129 Å². The molecule has 1 saturated carbocycles.